The highest BCUT2D eigenvalue weighted by molar-refractivity contribution is 6.34. The number of oxime groups is 1. The smallest absolute Gasteiger partial charge is 0.435 e. The molecule has 4 rings (SSSR count). The molecule has 11 heteroatoms. The van der Waals surface area contributed by atoms with Gasteiger partial charge >= 0.3 is 6.18 Å². The van der Waals surface area contributed by atoms with Gasteiger partial charge in [-0.25, -0.2) is 4.39 Å². The van der Waals surface area contributed by atoms with Crippen LogP contribution >= 0.6 is 23.2 Å². The summed E-state index contributed by atoms with van der Waals surface area (Å²) in [4.78, 5) is 14.6. The Kier molecular flexibility index (Phi) is 7.74. The fourth-order valence-corrected chi connectivity index (χ4v) is 4.03. The highest BCUT2D eigenvalue weighted by Gasteiger charge is 2.62. The topological polar surface area (TPSA) is 59.9 Å². The van der Waals surface area contributed by atoms with E-state index in [1.54, 1.807) is 24.3 Å². The first kappa shape index (κ1) is 27.2. The molecule has 0 aromatic heterocycles. The number of carbonyl (C=O) groups is 1. The highest BCUT2D eigenvalue weighted by Crippen LogP contribution is 2.49. The third-order valence-corrected chi connectivity index (χ3v) is 5.90. The standard InChI is InChI=1S/C19H14Cl2F4N2O.C5H10O2/c20-14-5-13(6-15(21)7-14)18(19(23,24)25)8-16(27-28-18)11-1-3-12(4-2-11)17(22)9-26-10-17;1-5(2,3)7-4-6/h1-7,26H,8-10H2;4H,1-3H3. The average molecular weight is 535 g/mol. The van der Waals surface area contributed by atoms with Gasteiger partial charge in [0.1, 0.15) is 5.60 Å². The Hall–Kier alpha value is -2.36. The molecule has 1 atom stereocenters. The molecule has 1 fully saturated rings. The number of ether oxygens (including phenoxy) is 1. The number of halogens is 6. The van der Waals surface area contributed by atoms with Gasteiger partial charge in [0, 0.05) is 35.1 Å². The van der Waals surface area contributed by atoms with Crippen LogP contribution in [0.4, 0.5) is 17.6 Å². The maximum atomic E-state index is 14.4. The molecule has 2 aliphatic heterocycles. The molecule has 35 heavy (non-hydrogen) atoms. The molecule has 0 saturated carbocycles. The van der Waals surface area contributed by atoms with Gasteiger partial charge in [-0.15, -0.1) is 0 Å². The first-order chi connectivity index (χ1) is 16.2. The summed E-state index contributed by atoms with van der Waals surface area (Å²) in [5.74, 6) is 0. The normalized spacial score (nSPS) is 21.1. The Labute approximate surface area is 210 Å². The van der Waals surface area contributed by atoms with Gasteiger partial charge in [-0.05, 0) is 50.1 Å². The van der Waals surface area contributed by atoms with E-state index in [-0.39, 0.29) is 40.0 Å². The van der Waals surface area contributed by atoms with Crippen LogP contribution < -0.4 is 5.32 Å². The Balaban J connectivity index is 0.000000429. The number of benzene rings is 2. The summed E-state index contributed by atoms with van der Waals surface area (Å²) in [6.45, 7) is 6.34. The molecular formula is C24H24Cl2F4N2O3. The van der Waals surface area contributed by atoms with Crippen LogP contribution in [0.15, 0.2) is 47.6 Å². The molecule has 0 spiro atoms. The lowest BCUT2D eigenvalue weighted by atomic mass is 9.85. The Bertz CT molecular complexity index is 1080. The van der Waals surface area contributed by atoms with Crippen LogP contribution in [0.2, 0.25) is 10.0 Å². The van der Waals surface area contributed by atoms with Crippen molar-refractivity contribution >= 4 is 35.4 Å². The van der Waals surface area contributed by atoms with Gasteiger partial charge < -0.3 is 14.9 Å². The van der Waals surface area contributed by atoms with E-state index in [0.29, 0.717) is 17.6 Å². The van der Waals surface area contributed by atoms with Gasteiger partial charge in [-0.3, -0.25) is 4.79 Å². The molecule has 1 unspecified atom stereocenters. The van der Waals surface area contributed by atoms with Crippen molar-refractivity contribution in [1.29, 1.82) is 0 Å². The number of carbonyl (C=O) groups excluding carboxylic acids is 1. The predicted molar refractivity (Wildman–Crippen MR) is 125 cm³/mol. The van der Waals surface area contributed by atoms with Gasteiger partial charge in [-0.1, -0.05) is 52.6 Å². The number of nitrogens with zero attached hydrogens (tertiary/aromatic N) is 1. The summed E-state index contributed by atoms with van der Waals surface area (Å²) >= 11 is 11.8. The minimum absolute atomic E-state index is 0.0647. The Morgan fingerprint density at radius 3 is 2.00 bits per heavy atom. The molecule has 2 aromatic rings. The number of nitrogens with one attached hydrogen (secondary N) is 1. The summed E-state index contributed by atoms with van der Waals surface area (Å²) in [5.41, 5.74) is -3.66. The van der Waals surface area contributed by atoms with Crippen molar-refractivity contribution in [3.63, 3.8) is 0 Å². The van der Waals surface area contributed by atoms with Crippen molar-refractivity contribution in [3.8, 4) is 0 Å². The van der Waals surface area contributed by atoms with E-state index in [0.717, 1.165) is 0 Å². The van der Waals surface area contributed by atoms with E-state index < -0.39 is 23.9 Å². The summed E-state index contributed by atoms with van der Waals surface area (Å²) in [6, 6.07) is 9.89. The lowest BCUT2D eigenvalue weighted by molar-refractivity contribution is -0.275. The van der Waals surface area contributed by atoms with Gasteiger partial charge in [-0.2, -0.15) is 13.2 Å². The first-order valence-electron chi connectivity index (χ1n) is 10.6. The van der Waals surface area contributed by atoms with Crippen molar-refractivity contribution in [3.05, 3.63) is 69.2 Å². The lowest BCUT2D eigenvalue weighted by Gasteiger charge is -2.35. The SMILES string of the molecule is CC(C)(C)OC=O.FC1(c2ccc(C3=NOC(c4cc(Cl)cc(Cl)c4)(C(F)(F)F)C3)cc2)CNC1. The molecule has 2 heterocycles. The van der Waals surface area contributed by atoms with Crippen LogP contribution in [0.3, 0.4) is 0 Å². The second kappa shape index (κ2) is 9.95. The predicted octanol–water partition coefficient (Wildman–Crippen LogP) is 6.30. The molecule has 0 bridgehead atoms. The van der Waals surface area contributed by atoms with E-state index in [1.807, 2.05) is 20.8 Å². The summed E-state index contributed by atoms with van der Waals surface area (Å²) in [7, 11) is 0. The third kappa shape index (κ3) is 6.08. The van der Waals surface area contributed by atoms with Crippen molar-refractivity contribution in [2.75, 3.05) is 13.1 Å². The van der Waals surface area contributed by atoms with Crippen molar-refractivity contribution in [1.82, 2.24) is 5.32 Å². The summed E-state index contributed by atoms with van der Waals surface area (Å²) < 4.78 is 60.9. The number of hydrogen-bond donors (Lipinski definition) is 1. The van der Waals surface area contributed by atoms with Crippen LogP contribution in [0.25, 0.3) is 0 Å². The number of alkyl halides is 4. The quantitative estimate of drug-likeness (QED) is 0.369. The molecule has 0 radical (unpaired) electrons. The highest BCUT2D eigenvalue weighted by atomic mass is 35.5. The molecular weight excluding hydrogens is 511 g/mol. The van der Waals surface area contributed by atoms with Crippen molar-refractivity contribution in [2.24, 2.45) is 5.16 Å². The van der Waals surface area contributed by atoms with Gasteiger partial charge in [0.05, 0.1) is 5.71 Å². The molecule has 5 nitrogen and oxygen atoms in total. The molecule has 1 N–H and O–H groups in total. The van der Waals surface area contributed by atoms with Crippen molar-refractivity contribution < 1.29 is 31.9 Å². The van der Waals surface area contributed by atoms with Gasteiger partial charge in [0.25, 0.3) is 12.1 Å². The average Bonchev–Trinajstić information content (AvgIpc) is 3.18. The Morgan fingerprint density at radius 2 is 1.60 bits per heavy atom. The fourth-order valence-electron chi connectivity index (χ4n) is 3.50. The van der Waals surface area contributed by atoms with Crippen LogP contribution in [0, 0.1) is 0 Å². The lowest BCUT2D eigenvalue weighted by Crippen LogP contribution is -2.53. The molecule has 2 aromatic carbocycles. The molecule has 190 valence electrons. The van der Waals surface area contributed by atoms with Crippen LogP contribution in [0.1, 0.15) is 43.9 Å². The van der Waals surface area contributed by atoms with E-state index in [2.05, 4.69) is 15.2 Å². The van der Waals surface area contributed by atoms with Crippen LogP contribution in [-0.4, -0.2) is 37.1 Å². The Morgan fingerprint density at radius 1 is 1.03 bits per heavy atom. The maximum absolute atomic E-state index is 14.4. The zero-order valence-corrected chi connectivity index (χ0v) is 20.7. The van der Waals surface area contributed by atoms with Gasteiger partial charge in [0.15, 0.2) is 5.67 Å². The van der Waals surface area contributed by atoms with Crippen LogP contribution in [0.5, 0.6) is 0 Å². The number of hydrogen-bond acceptors (Lipinski definition) is 5. The fraction of sp³-hybridized carbons (Fsp3) is 0.417. The maximum Gasteiger partial charge on any atom is 0.435 e. The van der Waals surface area contributed by atoms with E-state index in [9.17, 15) is 22.4 Å². The second-order valence-corrected chi connectivity index (χ2v) is 10.1. The van der Waals surface area contributed by atoms with E-state index >= 15 is 0 Å². The molecule has 0 aliphatic carbocycles. The summed E-state index contributed by atoms with van der Waals surface area (Å²) in [5, 5.41) is 6.68. The monoisotopic (exact) mass is 534 g/mol. The largest absolute Gasteiger partial charge is 0.462 e. The third-order valence-electron chi connectivity index (χ3n) is 5.46. The molecule has 2 aliphatic rings. The zero-order chi connectivity index (χ0) is 26.1. The zero-order valence-electron chi connectivity index (χ0n) is 19.2. The summed E-state index contributed by atoms with van der Waals surface area (Å²) in [6.07, 6.45) is -5.30. The number of rotatable bonds is 4. The second-order valence-electron chi connectivity index (χ2n) is 9.26. The minimum atomic E-state index is -4.76. The van der Waals surface area contributed by atoms with E-state index in [1.165, 1.54) is 18.2 Å². The molecule has 0 amide bonds. The minimum Gasteiger partial charge on any atom is -0.462 e. The van der Waals surface area contributed by atoms with E-state index in [4.69, 9.17) is 28.0 Å². The first-order valence-corrected chi connectivity index (χ1v) is 11.4. The van der Waals surface area contributed by atoms with Crippen molar-refractivity contribution in [2.45, 2.75) is 50.2 Å². The van der Waals surface area contributed by atoms with Gasteiger partial charge in [0.2, 0.25) is 0 Å². The van der Waals surface area contributed by atoms with Crippen LogP contribution in [-0.2, 0) is 25.6 Å². The molecule has 1 saturated heterocycles.